The Morgan fingerprint density at radius 3 is 1.90 bits per heavy atom. The molecule has 10 atom stereocenters. The average molecular weight is 433 g/mol. The number of nitrogen functional groups attached to an aromatic ring is 1. The van der Waals surface area contributed by atoms with Crippen LogP contribution < -0.4 is 10.5 Å². The molecule has 0 bridgehead atoms. The van der Waals surface area contributed by atoms with E-state index >= 15 is 0 Å². The first-order valence-electron chi connectivity index (χ1n) is 9.37. The van der Waals surface area contributed by atoms with Crippen LogP contribution in [0.2, 0.25) is 0 Å². The quantitative estimate of drug-likeness (QED) is 0.204. The molecule has 9 N–H and O–H groups in total. The van der Waals surface area contributed by atoms with Gasteiger partial charge in [-0.25, -0.2) is 0 Å². The Morgan fingerprint density at radius 2 is 1.30 bits per heavy atom. The summed E-state index contributed by atoms with van der Waals surface area (Å²) in [6.07, 6.45) is -15.0. The second-order valence-corrected chi connectivity index (χ2v) is 7.19. The maximum Gasteiger partial charge on any atom is 0.229 e. The van der Waals surface area contributed by atoms with Crippen LogP contribution in [0.4, 0.5) is 5.69 Å². The Hall–Kier alpha value is -1.58. The number of aliphatic hydroxyl groups excluding tert-OH is 7. The SMILES string of the molecule is Nc1ccc(O[C@@H]2O[C@@H](CO)[C@@H](O[C@@H]3O[C@@H](CO)[C@@H](O)[C@H](O)[C@H]3O)[C@H](O)[C@H]2O)cc1. The molecule has 0 saturated carbocycles. The van der Waals surface area contributed by atoms with E-state index in [4.69, 9.17) is 24.7 Å². The second-order valence-electron chi connectivity index (χ2n) is 7.19. The van der Waals surface area contributed by atoms with Crippen molar-refractivity contribution in [3.63, 3.8) is 0 Å². The lowest BCUT2D eigenvalue weighted by molar-refractivity contribution is -0.352. The summed E-state index contributed by atoms with van der Waals surface area (Å²) in [7, 11) is 0. The van der Waals surface area contributed by atoms with Gasteiger partial charge in [-0.3, -0.25) is 0 Å². The number of rotatable bonds is 6. The van der Waals surface area contributed by atoms with E-state index in [1.54, 1.807) is 12.1 Å². The minimum Gasteiger partial charge on any atom is -0.462 e. The Balaban J connectivity index is 1.71. The third kappa shape index (κ3) is 4.68. The molecule has 0 aromatic heterocycles. The van der Waals surface area contributed by atoms with Crippen molar-refractivity contribution in [3.05, 3.63) is 24.3 Å². The fourth-order valence-electron chi connectivity index (χ4n) is 3.33. The third-order valence-corrected chi connectivity index (χ3v) is 5.09. The van der Waals surface area contributed by atoms with Gasteiger partial charge in [-0.15, -0.1) is 0 Å². The number of aliphatic hydroxyl groups is 7. The summed E-state index contributed by atoms with van der Waals surface area (Å²) in [5.74, 6) is 0.297. The van der Waals surface area contributed by atoms with Gasteiger partial charge in [0.25, 0.3) is 0 Å². The molecule has 0 aliphatic carbocycles. The molecule has 2 heterocycles. The largest absolute Gasteiger partial charge is 0.462 e. The molecule has 2 aliphatic rings. The van der Waals surface area contributed by atoms with Crippen LogP contribution in [-0.2, 0) is 14.2 Å². The van der Waals surface area contributed by atoms with Crippen LogP contribution in [0.1, 0.15) is 0 Å². The van der Waals surface area contributed by atoms with Gasteiger partial charge < -0.3 is 60.4 Å². The number of hydrogen-bond acceptors (Lipinski definition) is 12. The van der Waals surface area contributed by atoms with Crippen LogP contribution in [0.3, 0.4) is 0 Å². The standard InChI is InChI=1S/C18H27NO11/c19-7-1-3-8(4-2-7)27-17-15(26)13(24)16(10(6-21)29-17)30-18-14(25)12(23)11(22)9(5-20)28-18/h1-4,9-18,20-26H,5-6,19H2/t9-,10-,11+,12-,13+,14+,15+,16+,17+,18-/m0/s1. The summed E-state index contributed by atoms with van der Waals surface area (Å²) in [4.78, 5) is 0. The Labute approximate surface area is 171 Å². The molecule has 12 nitrogen and oxygen atoms in total. The third-order valence-electron chi connectivity index (χ3n) is 5.09. The van der Waals surface area contributed by atoms with E-state index < -0.39 is 74.6 Å². The van der Waals surface area contributed by atoms with Gasteiger partial charge in [-0.2, -0.15) is 0 Å². The van der Waals surface area contributed by atoms with Gasteiger partial charge in [-0.05, 0) is 24.3 Å². The van der Waals surface area contributed by atoms with Crippen molar-refractivity contribution >= 4 is 5.69 Å². The normalized spacial score (nSPS) is 42.1. The molecule has 1 aromatic rings. The monoisotopic (exact) mass is 433 g/mol. The molecule has 0 spiro atoms. The zero-order chi connectivity index (χ0) is 22.0. The molecule has 2 fully saturated rings. The van der Waals surface area contributed by atoms with E-state index in [2.05, 4.69) is 0 Å². The predicted octanol–water partition coefficient (Wildman–Crippen LogP) is -3.73. The fourth-order valence-corrected chi connectivity index (χ4v) is 3.33. The molecular formula is C18H27NO11. The summed E-state index contributed by atoms with van der Waals surface area (Å²) in [6.45, 7) is -1.31. The minimum absolute atomic E-state index is 0.297. The molecule has 0 amide bonds. The number of anilines is 1. The number of ether oxygens (including phenoxy) is 4. The average Bonchev–Trinajstić information content (AvgIpc) is 2.74. The van der Waals surface area contributed by atoms with E-state index in [1.807, 2.05) is 0 Å². The first kappa shape index (κ1) is 23.1. The summed E-state index contributed by atoms with van der Waals surface area (Å²) >= 11 is 0. The van der Waals surface area contributed by atoms with Gasteiger partial charge in [0.2, 0.25) is 6.29 Å². The van der Waals surface area contributed by atoms with Gasteiger partial charge in [0.05, 0.1) is 13.2 Å². The van der Waals surface area contributed by atoms with Crippen LogP contribution in [-0.4, -0.2) is 110 Å². The molecule has 3 rings (SSSR count). The minimum atomic E-state index is -1.73. The molecule has 170 valence electrons. The molecular weight excluding hydrogens is 406 g/mol. The summed E-state index contributed by atoms with van der Waals surface area (Å²) in [5.41, 5.74) is 6.10. The molecule has 0 radical (unpaired) electrons. The Morgan fingerprint density at radius 1 is 0.733 bits per heavy atom. The van der Waals surface area contributed by atoms with Gasteiger partial charge in [0.1, 0.15) is 54.6 Å². The van der Waals surface area contributed by atoms with E-state index in [0.717, 1.165) is 0 Å². The maximum absolute atomic E-state index is 10.5. The zero-order valence-corrected chi connectivity index (χ0v) is 15.8. The van der Waals surface area contributed by atoms with Crippen LogP contribution in [0.5, 0.6) is 5.75 Å². The van der Waals surface area contributed by atoms with Crippen molar-refractivity contribution in [2.75, 3.05) is 18.9 Å². The molecule has 30 heavy (non-hydrogen) atoms. The van der Waals surface area contributed by atoms with Crippen molar-refractivity contribution in [2.45, 2.75) is 61.4 Å². The van der Waals surface area contributed by atoms with Gasteiger partial charge in [-0.1, -0.05) is 0 Å². The van der Waals surface area contributed by atoms with Crippen LogP contribution in [0.25, 0.3) is 0 Å². The molecule has 1 aromatic carbocycles. The molecule has 0 unspecified atom stereocenters. The Kier molecular flexibility index (Phi) is 7.47. The number of nitrogens with two attached hydrogens (primary N) is 1. The van der Waals surface area contributed by atoms with Crippen LogP contribution in [0.15, 0.2) is 24.3 Å². The van der Waals surface area contributed by atoms with Crippen LogP contribution in [0, 0.1) is 0 Å². The summed E-state index contributed by atoms with van der Waals surface area (Å²) in [5, 5.41) is 69.7. The van der Waals surface area contributed by atoms with Crippen molar-refractivity contribution < 1.29 is 54.7 Å². The van der Waals surface area contributed by atoms with E-state index in [0.29, 0.717) is 11.4 Å². The highest BCUT2D eigenvalue weighted by atomic mass is 16.7. The van der Waals surface area contributed by atoms with E-state index in [1.165, 1.54) is 12.1 Å². The topological polar surface area (TPSA) is 205 Å². The lowest BCUT2D eigenvalue weighted by Crippen LogP contribution is -2.65. The molecule has 12 heteroatoms. The van der Waals surface area contributed by atoms with E-state index in [-0.39, 0.29) is 0 Å². The highest BCUT2D eigenvalue weighted by molar-refractivity contribution is 5.41. The zero-order valence-electron chi connectivity index (χ0n) is 15.8. The van der Waals surface area contributed by atoms with Gasteiger partial charge >= 0.3 is 0 Å². The first-order valence-corrected chi connectivity index (χ1v) is 9.37. The van der Waals surface area contributed by atoms with E-state index in [9.17, 15) is 35.7 Å². The lowest BCUT2D eigenvalue weighted by Gasteiger charge is -2.45. The Bertz CT molecular complexity index is 673. The van der Waals surface area contributed by atoms with Crippen molar-refractivity contribution in [1.29, 1.82) is 0 Å². The van der Waals surface area contributed by atoms with Gasteiger partial charge in [0.15, 0.2) is 6.29 Å². The number of hydrogen-bond donors (Lipinski definition) is 8. The fraction of sp³-hybridized carbons (Fsp3) is 0.667. The molecule has 2 aliphatic heterocycles. The first-order chi connectivity index (χ1) is 14.3. The number of benzene rings is 1. The second kappa shape index (κ2) is 9.70. The van der Waals surface area contributed by atoms with Crippen molar-refractivity contribution in [1.82, 2.24) is 0 Å². The summed E-state index contributed by atoms with van der Waals surface area (Å²) in [6, 6.07) is 6.19. The van der Waals surface area contributed by atoms with Crippen molar-refractivity contribution in [2.24, 2.45) is 0 Å². The highest BCUT2D eigenvalue weighted by Crippen LogP contribution is 2.30. The predicted molar refractivity (Wildman–Crippen MR) is 97.9 cm³/mol. The van der Waals surface area contributed by atoms with Crippen LogP contribution >= 0.6 is 0 Å². The van der Waals surface area contributed by atoms with Gasteiger partial charge in [0, 0.05) is 5.69 Å². The highest BCUT2D eigenvalue weighted by Gasteiger charge is 2.51. The molecule has 2 saturated heterocycles. The maximum atomic E-state index is 10.5. The smallest absolute Gasteiger partial charge is 0.229 e. The lowest BCUT2D eigenvalue weighted by atomic mass is 9.97. The van der Waals surface area contributed by atoms with Crippen molar-refractivity contribution in [3.8, 4) is 5.75 Å². The summed E-state index contributed by atoms with van der Waals surface area (Å²) < 4.78 is 21.7.